The zero-order valence-corrected chi connectivity index (χ0v) is 13.4. The van der Waals surface area contributed by atoms with Gasteiger partial charge in [-0.05, 0) is 25.5 Å². The Hall–Kier alpha value is -1.76. The molecule has 1 saturated heterocycles. The minimum Gasteiger partial charge on any atom is -0.482 e. The van der Waals surface area contributed by atoms with Crippen molar-refractivity contribution in [1.29, 1.82) is 0 Å². The molecule has 7 heteroatoms. The van der Waals surface area contributed by atoms with Gasteiger partial charge in [0.2, 0.25) is 6.10 Å². The maximum atomic E-state index is 12.6. The van der Waals surface area contributed by atoms with Crippen LogP contribution in [0.5, 0.6) is 11.5 Å². The molecule has 2 aliphatic heterocycles. The highest BCUT2D eigenvalue weighted by molar-refractivity contribution is 7.91. The summed E-state index contributed by atoms with van der Waals surface area (Å²) in [5, 5.41) is 0. The van der Waals surface area contributed by atoms with E-state index in [-0.39, 0.29) is 23.5 Å². The van der Waals surface area contributed by atoms with Gasteiger partial charge in [0.25, 0.3) is 5.91 Å². The first-order chi connectivity index (χ1) is 10.4. The molecule has 0 aromatic heterocycles. The molecule has 22 heavy (non-hydrogen) atoms. The smallest absolute Gasteiger partial charge is 0.267 e. The normalized spacial score (nSPS) is 29.1. The van der Waals surface area contributed by atoms with Gasteiger partial charge >= 0.3 is 0 Å². The number of fused-ring (bicyclic) bond motifs is 1. The highest BCUT2D eigenvalue weighted by Gasteiger charge is 2.40. The summed E-state index contributed by atoms with van der Waals surface area (Å²) >= 11 is 0. The van der Waals surface area contributed by atoms with Crippen LogP contribution in [0, 0.1) is 0 Å². The number of rotatable bonds is 2. The molecular formula is C15H19NO5S. The molecule has 2 aliphatic rings. The molecule has 1 amide bonds. The predicted octanol–water partition coefficient (Wildman–Crippen LogP) is 0.860. The van der Waals surface area contributed by atoms with Crippen molar-refractivity contribution in [3.05, 3.63) is 24.3 Å². The molecule has 0 radical (unpaired) electrons. The number of likely N-dealkylation sites (N-methyl/N-ethyl adjacent to an activating group) is 1. The molecule has 3 rings (SSSR count). The fourth-order valence-electron chi connectivity index (χ4n) is 2.85. The van der Waals surface area contributed by atoms with Crippen molar-refractivity contribution in [2.75, 3.05) is 18.6 Å². The molecule has 120 valence electrons. The van der Waals surface area contributed by atoms with Crippen molar-refractivity contribution in [2.24, 2.45) is 0 Å². The molecular weight excluding hydrogens is 306 g/mol. The van der Waals surface area contributed by atoms with Crippen LogP contribution in [0.15, 0.2) is 24.3 Å². The third-order valence-electron chi connectivity index (χ3n) is 4.19. The van der Waals surface area contributed by atoms with Crippen LogP contribution in [-0.4, -0.2) is 56.0 Å². The Morgan fingerprint density at radius 3 is 2.45 bits per heavy atom. The average molecular weight is 325 g/mol. The molecule has 1 aromatic rings. The Morgan fingerprint density at radius 1 is 1.23 bits per heavy atom. The van der Waals surface area contributed by atoms with E-state index in [4.69, 9.17) is 9.47 Å². The fraction of sp³-hybridized carbons (Fsp3) is 0.533. The van der Waals surface area contributed by atoms with Gasteiger partial charge in [-0.3, -0.25) is 4.79 Å². The van der Waals surface area contributed by atoms with E-state index in [2.05, 4.69) is 0 Å². The summed E-state index contributed by atoms with van der Waals surface area (Å²) in [6.45, 7) is 1.78. The number of nitrogens with zero attached hydrogens (tertiary/aromatic N) is 1. The summed E-state index contributed by atoms with van der Waals surface area (Å²) in [5.74, 6) is 1.06. The maximum absolute atomic E-state index is 12.6. The highest BCUT2D eigenvalue weighted by atomic mass is 32.2. The molecule has 1 aromatic carbocycles. The second-order valence-corrected chi connectivity index (χ2v) is 8.04. The zero-order valence-electron chi connectivity index (χ0n) is 12.6. The van der Waals surface area contributed by atoms with Gasteiger partial charge in [0.05, 0.1) is 11.5 Å². The van der Waals surface area contributed by atoms with Gasteiger partial charge in [-0.2, -0.15) is 0 Å². The standard InChI is InChI=1S/C15H19NO5S/c1-10-14(21-13-6-4-3-5-12(13)20-10)15(17)16(2)11-7-8-22(18,19)9-11/h3-6,10-11,14H,7-9H2,1-2H3/t10-,11-,14-/m0/s1. The van der Waals surface area contributed by atoms with E-state index in [0.29, 0.717) is 17.9 Å². The van der Waals surface area contributed by atoms with Crippen molar-refractivity contribution < 1.29 is 22.7 Å². The quantitative estimate of drug-likeness (QED) is 0.806. The van der Waals surface area contributed by atoms with Crippen LogP contribution in [0.3, 0.4) is 0 Å². The summed E-state index contributed by atoms with van der Waals surface area (Å²) in [6, 6.07) is 6.91. The van der Waals surface area contributed by atoms with Crippen LogP contribution in [0.25, 0.3) is 0 Å². The van der Waals surface area contributed by atoms with Crippen molar-refractivity contribution in [1.82, 2.24) is 4.90 Å². The number of benzene rings is 1. The first-order valence-electron chi connectivity index (χ1n) is 7.27. The van der Waals surface area contributed by atoms with Gasteiger partial charge in [0.1, 0.15) is 6.10 Å². The van der Waals surface area contributed by atoms with Crippen LogP contribution in [0.2, 0.25) is 0 Å². The molecule has 1 fully saturated rings. The monoisotopic (exact) mass is 325 g/mol. The molecule has 6 nitrogen and oxygen atoms in total. The van der Waals surface area contributed by atoms with E-state index in [1.54, 1.807) is 26.1 Å². The van der Waals surface area contributed by atoms with Crippen molar-refractivity contribution in [3.63, 3.8) is 0 Å². The van der Waals surface area contributed by atoms with Crippen LogP contribution < -0.4 is 9.47 Å². The molecule has 2 heterocycles. The van der Waals surface area contributed by atoms with Gasteiger partial charge in [-0.15, -0.1) is 0 Å². The topological polar surface area (TPSA) is 72.9 Å². The van der Waals surface area contributed by atoms with Gasteiger partial charge < -0.3 is 14.4 Å². The molecule has 0 unspecified atom stereocenters. The molecule has 0 spiro atoms. The van der Waals surface area contributed by atoms with Crippen LogP contribution >= 0.6 is 0 Å². The third kappa shape index (κ3) is 2.77. The predicted molar refractivity (Wildman–Crippen MR) is 80.8 cm³/mol. The van der Waals surface area contributed by atoms with E-state index in [0.717, 1.165) is 0 Å². The van der Waals surface area contributed by atoms with E-state index in [1.165, 1.54) is 4.90 Å². The van der Waals surface area contributed by atoms with Crippen molar-refractivity contribution >= 4 is 15.7 Å². The second-order valence-electron chi connectivity index (χ2n) is 5.81. The van der Waals surface area contributed by atoms with E-state index < -0.39 is 22.0 Å². The summed E-state index contributed by atoms with van der Waals surface area (Å²) in [4.78, 5) is 14.1. The first kappa shape index (κ1) is 15.1. The van der Waals surface area contributed by atoms with Crippen LogP contribution in [0.1, 0.15) is 13.3 Å². The SMILES string of the molecule is C[C@@H]1Oc2ccccc2O[C@@H]1C(=O)N(C)[C@H]1CCS(=O)(=O)C1. The lowest BCUT2D eigenvalue weighted by atomic mass is 10.1. The number of para-hydroxylation sites is 2. The number of hydrogen-bond acceptors (Lipinski definition) is 5. The van der Waals surface area contributed by atoms with Crippen LogP contribution in [-0.2, 0) is 14.6 Å². The zero-order chi connectivity index (χ0) is 15.9. The van der Waals surface area contributed by atoms with Crippen molar-refractivity contribution in [3.8, 4) is 11.5 Å². The number of carbonyl (C=O) groups is 1. The molecule has 0 saturated carbocycles. The largest absolute Gasteiger partial charge is 0.482 e. The Kier molecular flexibility index (Phi) is 3.76. The highest BCUT2D eigenvalue weighted by Crippen LogP contribution is 2.34. The molecule has 0 bridgehead atoms. The van der Waals surface area contributed by atoms with Gasteiger partial charge in [-0.1, -0.05) is 12.1 Å². The maximum Gasteiger partial charge on any atom is 0.267 e. The Morgan fingerprint density at radius 2 is 1.86 bits per heavy atom. The fourth-order valence-corrected chi connectivity index (χ4v) is 4.63. The summed E-state index contributed by atoms with van der Waals surface area (Å²) in [7, 11) is -1.40. The van der Waals surface area contributed by atoms with E-state index in [1.807, 2.05) is 12.1 Å². The Bertz CT molecular complexity index is 687. The number of carbonyl (C=O) groups excluding carboxylic acids is 1. The van der Waals surface area contributed by atoms with Gasteiger partial charge in [0.15, 0.2) is 21.3 Å². The molecule has 0 N–H and O–H groups in total. The van der Waals surface area contributed by atoms with E-state index in [9.17, 15) is 13.2 Å². The first-order valence-corrected chi connectivity index (χ1v) is 9.09. The lowest BCUT2D eigenvalue weighted by Crippen LogP contribution is -2.52. The van der Waals surface area contributed by atoms with Gasteiger partial charge in [-0.25, -0.2) is 8.42 Å². The minimum absolute atomic E-state index is 0.0216. The van der Waals surface area contributed by atoms with Crippen molar-refractivity contribution in [2.45, 2.75) is 31.6 Å². The Labute approximate surface area is 129 Å². The lowest BCUT2D eigenvalue weighted by molar-refractivity contribution is -0.144. The number of ether oxygens (including phenoxy) is 2. The number of sulfone groups is 1. The minimum atomic E-state index is -3.03. The lowest BCUT2D eigenvalue weighted by Gasteiger charge is -2.34. The summed E-state index contributed by atoms with van der Waals surface area (Å²) in [5.41, 5.74) is 0. The number of hydrogen-bond donors (Lipinski definition) is 0. The summed E-state index contributed by atoms with van der Waals surface area (Å²) < 4.78 is 34.7. The van der Waals surface area contributed by atoms with Crippen LogP contribution in [0.4, 0.5) is 0 Å². The molecule has 3 atom stereocenters. The average Bonchev–Trinajstić information content (AvgIpc) is 2.85. The number of amides is 1. The van der Waals surface area contributed by atoms with E-state index >= 15 is 0 Å². The summed E-state index contributed by atoms with van der Waals surface area (Å²) in [6.07, 6.45) is -0.714. The Balaban J connectivity index is 1.75. The second kappa shape index (κ2) is 5.46. The molecule has 0 aliphatic carbocycles. The van der Waals surface area contributed by atoms with Gasteiger partial charge in [0, 0.05) is 13.1 Å². The third-order valence-corrected chi connectivity index (χ3v) is 5.94.